The topological polar surface area (TPSA) is 34.6 Å². The summed E-state index contributed by atoms with van der Waals surface area (Å²) in [6, 6.07) is 52.6. The Balaban J connectivity index is 1.52. The summed E-state index contributed by atoms with van der Waals surface area (Å²) in [6.07, 6.45) is 0. The summed E-state index contributed by atoms with van der Waals surface area (Å²) in [4.78, 5) is 10.5. The van der Waals surface area contributed by atoms with Gasteiger partial charge in [-0.05, 0) is 48.4 Å². The van der Waals surface area contributed by atoms with E-state index in [9.17, 15) is 0 Å². The lowest BCUT2D eigenvalue weighted by Gasteiger charge is -2.12. The van der Waals surface area contributed by atoms with Crippen LogP contribution in [0.2, 0.25) is 0 Å². The third-order valence-corrected chi connectivity index (χ3v) is 8.49. The van der Waals surface area contributed by atoms with E-state index in [2.05, 4.69) is 119 Å². The second-order valence-electron chi connectivity index (χ2n) is 11.2. The van der Waals surface area contributed by atoms with Gasteiger partial charge in [0.1, 0.15) is 0 Å². The highest BCUT2D eigenvalue weighted by Gasteiger charge is 2.22. The molecule has 2 heterocycles. The average Bonchev–Trinajstić information content (AvgIpc) is 3.62. The monoisotopic (exact) mass is 578 g/mol. The van der Waals surface area contributed by atoms with Crippen LogP contribution in [-0.2, 0) is 0 Å². The van der Waals surface area contributed by atoms with Gasteiger partial charge in [-0.3, -0.25) is 4.57 Å². The van der Waals surface area contributed by atoms with Crippen molar-refractivity contribution in [2.24, 2.45) is 9.98 Å². The molecule has 0 aliphatic rings. The number of hydrogen-bond donors (Lipinski definition) is 0. The van der Waals surface area contributed by atoms with E-state index in [1.807, 2.05) is 55.5 Å². The summed E-state index contributed by atoms with van der Waals surface area (Å²) in [5.41, 5.74) is 9.04. The van der Waals surface area contributed by atoms with Crippen LogP contribution < -0.4 is 0 Å². The third kappa shape index (κ3) is 4.47. The van der Waals surface area contributed by atoms with Crippen molar-refractivity contribution in [3.63, 3.8) is 0 Å². The van der Waals surface area contributed by atoms with Gasteiger partial charge in [-0.25, -0.2) is 9.98 Å². The fourth-order valence-corrected chi connectivity index (χ4v) is 6.41. The van der Waals surface area contributed by atoms with E-state index in [0.29, 0.717) is 11.7 Å². The molecular formula is C41H30N4. The van der Waals surface area contributed by atoms with Crippen LogP contribution in [0.1, 0.15) is 18.1 Å². The molecule has 0 unspecified atom stereocenters. The van der Waals surface area contributed by atoms with Gasteiger partial charge in [0, 0.05) is 32.9 Å². The molecule has 4 nitrogen and oxygen atoms in total. The lowest BCUT2D eigenvalue weighted by Crippen LogP contribution is -2.12. The molecule has 0 bridgehead atoms. The molecule has 0 fully saturated rings. The Kier molecular flexibility index (Phi) is 6.46. The van der Waals surface area contributed by atoms with Crippen LogP contribution >= 0.6 is 0 Å². The van der Waals surface area contributed by atoms with Crippen LogP contribution in [0.4, 0.5) is 0 Å². The number of para-hydroxylation sites is 3. The molecule has 2 aromatic heterocycles. The summed E-state index contributed by atoms with van der Waals surface area (Å²) in [7, 11) is 0. The van der Waals surface area contributed by atoms with Gasteiger partial charge in [-0.2, -0.15) is 0 Å². The van der Waals surface area contributed by atoms with Crippen LogP contribution in [0.25, 0.3) is 55.0 Å². The van der Waals surface area contributed by atoms with E-state index in [1.165, 1.54) is 5.39 Å². The van der Waals surface area contributed by atoms with Crippen molar-refractivity contribution in [2.75, 3.05) is 0 Å². The van der Waals surface area contributed by atoms with Crippen LogP contribution in [-0.4, -0.2) is 20.8 Å². The number of nitrogens with zero attached hydrogens (tertiary/aromatic N) is 4. The van der Waals surface area contributed by atoms with Crippen LogP contribution in [0, 0.1) is 0 Å². The lowest BCUT2D eigenvalue weighted by atomic mass is 10.1. The molecule has 0 aliphatic carbocycles. The highest BCUT2D eigenvalue weighted by Crippen LogP contribution is 2.40. The summed E-state index contributed by atoms with van der Waals surface area (Å²) in [5, 5.41) is 4.64. The van der Waals surface area contributed by atoms with Crippen molar-refractivity contribution in [1.82, 2.24) is 9.13 Å². The van der Waals surface area contributed by atoms with Crippen molar-refractivity contribution >= 4 is 61.0 Å². The number of hydrogen-bond acceptors (Lipinski definition) is 1. The van der Waals surface area contributed by atoms with Crippen LogP contribution in [0.15, 0.2) is 168 Å². The summed E-state index contributed by atoms with van der Waals surface area (Å²) in [6.45, 7) is 6.44. The Hall–Kier alpha value is -6.00. The summed E-state index contributed by atoms with van der Waals surface area (Å²) < 4.78 is 4.58. The zero-order chi connectivity index (χ0) is 30.3. The summed E-state index contributed by atoms with van der Waals surface area (Å²) >= 11 is 0. The maximum absolute atomic E-state index is 5.27. The van der Waals surface area contributed by atoms with Crippen molar-refractivity contribution in [1.29, 1.82) is 0 Å². The van der Waals surface area contributed by atoms with Crippen LogP contribution in [0.5, 0.6) is 0 Å². The third-order valence-electron chi connectivity index (χ3n) is 8.49. The average molecular weight is 579 g/mol. The maximum atomic E-state index is 5.27. The Labute approximate surface area is 261 Å². The van der Waals surface area contributed by atoms with Crippen molar-refractivity contribution < 1.29 is 0 Å². The Bertz CT molecular complexity index is 2430. The Morgan fingerprint density at radius 1 is 0.511 bits per heavy atom. The Morgan fingerprint density at radius 3 is 1.80 bits per heavy atom. The predicted molar refractivity (Wildman–Crippen MR) is 191 cm³/mol. The lowest BCUT2D eigenvalue weighted by molar-refractivity contribution is 1.18. The minimum absolute atomic E-state index is 0.570. The second-order valence-corrected chi connectivity index (χ2v) is 11.2. The molecule has 6 aromatic carbocycles. The van der Waals surface area contributed by atoms with E-state index in [4.69, 9.17) is 9.98 Å². The summed E-state index contributed by atoms with van der Waals surface area (Å²) in [5.74, 6) is 0.570. The minimum Gasteiger partial charge on any atom is -0.309 e. The molecule has 8 rings (SSSR count). The first-order valence-corrected chi connectivity index (χ1v) is 15.1. The van der Waals surface area contributed by atoms with E-state index >= 15 is 0 Å². The van der Waals surface area contributed by atoms with Crippen molar-refractivity contribution in [3.05, 3.63) is 169 Å². The fraction of sp³-hybridized carbons (Fsp3) is 0.0244. The number of fused-ring (bicyclic) bond motifs is 7. The molecule has 0 saturated carbocycles. The van der Waals surface area contributed by atoms with Gasteiger partial charge in [0.25, 0.3) is 0 Å². The highest BCUT2D eigenvalue weighted by molar-refractivity contribution is 6.28. The van der Waals surface area contributed by atoms with E-state index < -0.39 is 0 Å². The fourth-order valence-electron chi connectivity index (χ4n) is 6.41. The zero-order valence-electron chi connectivity index (χ0n) is 24.9. The first-order valence-electron chi connectivity index (χ1n) is 15.1. The van der Waals surface area contributed by atoms with Gasteiger partial charge >= 0.3 is 0 Å². The standard InChI is InChI=1S/C41H30N4/c1-28(30-16-6-3-7-17-30)42-41(43-29(2)31-18-8-4-9-19-31)45-36-24-14-12-22-33(36)34-26-27-38-39(40(34)45)35-23-13-15-25-37(35)44(38)32-20-10-5-11-21-32/h3-27H,1H2,2H3. The molecule has 0 aliphatic heterocycles. The van der Waals surface area contributed by atoms with E-state index in [-0.39, 0.29) is 0 Å². The quantitative estimate of drug-likeness (QED) is 0.147. The van der Waals surface area contributed by atoms with Gasteiger partial charge in [0.15, 0.2) is 0 Å². The number of benzene rings is 6. The van der Waals surface area contributed by atoms with Gasteiger partial charge in [-0.1, -0.05) is 128 Å². The zero-order valence-corrected chi connectivity index (χ0v) is 24.9. The molecule has 8 aromatic rings. The number of aromatic nitrogens is 2. The maximum Gasteiger partial charge on any atom is 0.235 e. The SMILES string of the molecule is C=C(N=C(N=C(C)c1ccccc1)n1c2ccccc2c2ccc3c(c4ccccc4n3-c3ccccc3)c21)c1ccccc1. The first-order chi connectivity index (χ1) is 22.2. The molecule has 4 heteroatoms. The molecular weight excluding hydrogens is 548 g/mol. The van der Waals surface area contributed by atoms with Gasteiger partial charge in [0.2, 0.25) is 5.96 Å². The minimum atomic E-state index is 0.570. The molecule has 214 valence electrons. The second kappa shape index (κ2) is 10.9. The number of rotatable bonds is 4. The Morgan fingerprint density at radius 2 is 1.09 bits per heavy atom. The largest absolute Gasteiger partial charge is 0.309 e. The molecule has 0 atom stereocenters. The van der Waals surface area contributed by atoms with Crippen molar-refractivity contribution in [3.8, 4) is 5.69 Å². The highest BCUT2D eigenvalue weighted by atomic mass is 15.2. The van der Waals surface area contributed by atoms with Gasteiger partial charge in [-0.15, -0.1) is 0 Å². The van der Waals surface area contributed by atoms with Crippen molar-refractivity contribution in [2.45, 2.75) is 6.92 Å². The first kappa shape index (κ1) is 26.6. The normalized spacial score (nSPS) is 12.5. The number of aliphatic imine (C=N–C) groups is 2. The molecule has 0 saturated heterocycles. The van der Waals surface area contributed by atoms with Gasteiger partial charge < -0.3 is 4.57 Å². The van der Waals surface area contributed by atoms with Crippen LogP contribution in [0.3, 0.4) is 0 Å². The molecule has 0 N–H and O–H groups in total. The van der Waals surface area contributed by atoms with E-state index in [0.717, 1.165) is 60.8 Å². The smallest absolute Gasteiger partial charge is 0.235 e. The van der Waals surface area contributed by atoms with E-state index in [1.54, 1.807) is 0 Å². The molecule has 0 radical (unpaired) electrons. The molecule has 45 heavy (non-hydrogen) atoms. The molecule has 0 spiro atoms. The predicted octanol–water partition coefficient (Wildman–Crippen LogP) is 10.3. The van der Waals surface area contributed by atoms with Gasteiger partial charge in [0.05, 0.1) is 27.8 Å². The molecule has 0 amide bonds.